The molecule has 1 rings (SSSR count). The lowest BCUT2D eigenvalue weighted by molar-refractivity contribution is -0.141. The van der Waals surface area contributed by atoms with Crippen LogP contribution in [0.15, 0.2) is 18.2 Å². The fourth-order valence-corrected chi connectivity index (χ4v) is 1.60. The van der Waals surface area contributed by atoms with E-state index >= 15 is 0 Å². The summed E-state index contributed by atoms with van der Waals surface area (Å²) in [6, 6.07) is 4.79. The van der Waals surface area contributed by atoms with Crippen LogP contribution in [0.5, 0.6) is 0 Å². The van der Waals surface area contributed by atoms with Crippen LogP contribution < -0.4 is 0 Å². The lowest BCUT2D eigenvalue weighted by atomic mass is 10.3. The van der Waals surface area contributed by atoms with Crippen molar-refractivity contribution in [2.45, 2.75) is 13.3 Å². The highest BCUT2D eigenvalue weighted by Crippen LogP contribution is 2.08. The maximum absolute atomic E-state index is 12.1. The third kappa shape index (κ3) is 4.00. The smallest absolute Gasteiger partial charge is 0.325 e. The fraction of sp³-hybridized carbons (Fsp3) is 0.417. The average Bonchev–Trinajstić information content (AvgIpc) is 2.37. The van der Waals surface area contributed by atoms with Gasteiger partial charge >= 0.3 is 5.97 Å². The van der Waals surface area contributed by atoms with Gasteiger partial charge in [-0.3, -0.25) is 9.59 Å². The predicted octanol–water partition coefficient (Wildman–Crippen LogP) is 1.76. The number of carbonyl (C=O) groups is 2. The zero-order valence-corrected chi connectivity index (χ0v) is 11.1. The average molecular weight is 271 g/mol. The Morgan fingerprint density at radius 3 is 2.72 bits per heavy atom. The Kier molecular flexibility index (Phi) is 5.58. The van der Waals surface area contributed by atoms with Crippen LogP contribution in [-0.4, -0.2) is 42.0 Å². The summed E-state index contributed by atoms with van der Waals surface area (Å²) in [5.41, 5.74) is 0.222. The summed E-state index contributed by atoms with van der Waals surface area (Å²) in [6.45, 7) is 2.29. The summed E-state index contributed by atoms with van der Waals surface area (Å²) >= 11 is 5.73. The molecule has 0 aliphatic carbocycles. The van der Waals surface area contributed by atoms with Gasteiger partial charge in [-0.2, -0.15) is 0 Å². The summed E-state index contributed by atoms with van der Waals surface area (Å²) in [5.74, 6) is -0.788. The molecule has 0 saturated heterocycles. The second kappa shape index (κ2) is 6.96. The summed E-state index contributed by atoms with van der Waals surface area (Å²) in [7, 11) is 1.29. The summed E-state index contributed by atoms with van der Waals surface area (Å²) in [6.07, 6.45) is 0.739. The summed E-state index contributed by atoms with van der Waals surface area (Å²) in [4.78, 5) is 28.7. The molecule has 0 atom stereocenters. The zero-order chi connectivity index (χ0) is 13.5. The first-order valence-electron chi connectivity index (χ1n) is 5.57. The van der Waals surface area contributed by atoms with Crippen molar-refractivity contribution in [1.29, 1.82) is 0 Å². The third-order valence-corrected chi connectivity index (χ3v) is 2.47. The molecule has 0 spiro atoms. The van der Waals surface area contributed by atoms with Crippen molar-refractivity contribution in [3.63, 3.8) is 0 Å². The van der Waals surface area contributed by atoms with Gasteiger partial charge in [0.1, 0.15) is 17.4 Å². The number of esters is 1. The maximum atomic E-state index is 12.1. The molecule has 1 aromatic rings. The van der Waals surface area contributed by atoms with E-state index in [1.54, 1.807) is 18.2 Å². The number of hydrogen-bond acceptors (Lipinski definition) is 4. The second-order valence-electron chi connectivity index (χ2n) is 3.65. The van der Waals surface area contributed by atoms with Gasteiger partial charge in [-0.1, -0.05) is 24.6 Å². The first-order valence-corrected chi connectivity index (χ1v) is 5.95. The minimum absolute atomic E-state index is 0.0859. The van der Waals surface area contributed by atoms with Gasteiger partial charge in [0.05, 0.1) is 7.11 Å². The molecule has 1 heterocycles. The quantitative estimate of drug-likeness (QED) is 0.604. The van der Waals surface area contributed by atoms with Gasteiger partial charge in [0.25, 0.3) is 5.91 Å². The second-order valence-corrected chi connectivity index (χ2v) is 4.04. The Hall–Kier alpha value is -1.62. The highest BCUT2D eigenvalue weighted by atomic mass is 35.5. The van der Waals surface area contributed by atoms with Crippen LogP contribution in [-0.2, 0) is 9.53 Å². The van der Waals surface area contributed by atoms with E-state index in [4.69, 9.17) is 11.6 Å². The normalized spacial score (nSPS) is 9.94. The highest BCUT2D eigenvalue weighted by molar-refractivity contribution is 6.29. The van der Waals surface area contributed by atoms with Gasteiger partial charge in [0.15, 0.2) is 0 Å². The summed E-state index contributed by atoms with van der Waals surface area (Å²) in [5, 5.41) is 0.246. The lowest BCUT2D eigenvalue weighted by Crippen LogP contribution is -2.37. The number of methoxy groups -OCH3 is 1. The molecule has 18 heavy (non-hydrogen) atoms. The molecule has 0 bridgehead atoms. The molecule has 0 saturated carbocycles. The van der Waals surface area contributed by atoms with Crippen molar-refractivity contribution in [1.82, 2.24) is 9.88 Å². The molecule has 5 nitrogen and oxygen atoms in total. The first kappa shape index (κ1) is 14.4. The van der Waals surface area contributed by atoms with Crippen molar-refractivity contribution in [3.05, 3.63) is 29.0 Å². The van der Waals surface area contributed by atoms with E-state index < -0.39 is 5.97 Å². The minimum Gasteiger partial charge on any atom is -0.468 e. The molecule has 0 radical (unpaired) electrons. The molecular weight excluding hydrogens is 256 g/mol. The van der Waals surface area contributed by atoms with Crippen LogP contribution in [0.3, 0.4) is 0 Å². The number of aromatic nitrogens is 1. The van der Waals surface area contributed by atoms with E-state index in [9.17, 15) is 9.59 Å². The van der Waals surface area contributed by atoms with Gasteiger partial charge in [-0.15, -0.1) is 0 Å². The molecule has 0 N–H and O–H groups in total. The van der Waals surface area contributed by atoms with Crippen LogP contribution in [0.25, 0.3) is 0 Å². The maximum Gasteiger partial charge on any atom is 0.325 e. The number of hydrogen-bond donors (Lipinski definition) is 0. The van der Waals surface area contributed by atoms with Crippen LogP contribution >= 0.6 is 11.6 Å². The Morgan fingerprint density at radius 2 is 2.17 bits per heavy atom. The molecular formula is C12H15ClN2O3. The van der Waals surface area contributed by atoms with Gasteiger partial charge in [0.2, 0.25) is 0 Å². The van der Waals surface area contributed by atoms with E-state index in [2.05, 4.69) is 9.72 Å². The monoisotopic (exact) mass is 270 g/mol. The minimum atomic E-state index is -0.459. The van der Waals surface area contributed by atoms with Crippen LogP contribution in [0, 0.1) is 0 Å². The van der Waals surface area contributed by atoms with E-state index in [-0.39, 0.29) is 23.3 Å². The van der Waals surface area contributed by atoms with Crippen LogP contribution in [0.2, 0.25) is 5.15 Å². The van der Waals surface area contributed by atoms with Crippen molar-refractivity contribution >= 4 is 23.5 Å². The predicted molar refractivity (Wildman–Crippen MR) is 67.5 cm³/mol. The van der Waals surface area contributed by atoms with Gasteiger partial charge in [0, 0.05) is 6.54 Å². The molecule has 0 unspecified atom stereocenters. The molecule has 0 fully saturated rings. The first-order chi connectivity index (χ1) is 8.58. The van der Waals surface area contributed by atoms with Crippen LogP contribution in [0.4, 0.5) is 0 Å². The summed E-state index contributed by atoms with van der Waals surface area (Å²) < 4.78 is 4.56. The van der Waals surface area contributed by atoms with Crippen molar-refractivity contribution < 1.29 is 14.3 Å². The number of rotatable bonds is 5. The number of halogens is 1. The Morgan fingerprint density at radius 1 is 1.44 bits per heavy atom. The van der Waals surface area contributed by atoms with E-state index in [0.29, 0.717) is 6.54 Å². The number of carbonyl (C=O) groups excluding carboxylic acids is 2. The molecule has 1 amide bonds. The topological polar surface area (TPSA) is 59.5 Å². The van der Waals surface area contributed by atoms with Gasteiger partial charge in [-0.25, -0.2) is 4.98 Å². The zero-order valence-electron chi connectivity index (χ0n) is 10.4. The molecule has 0 aliphatic heterocycles. The SMILES string of the molecule is CCCN(CC(=O)OC)C(=O)c1cccc(Cl)n1. The Bertz CT molecular complexity index is 437. The Balaban J connectivity index is 2.85. The van der Waals surface area contributed by atoms with Crippen molar-refractivity contribution in [3.8, 4) is 0 Å². The largest absolute Gasteiger partial charge is 0.468 e. The molecule has 98 valence electrons. The van der Waals surface area contributed by atoms with E-state index in [1.807, 2.05) is 6.92 Å². The van der Waals surface area contributed by atoms with Crippen molar-refractivity contribution in [2.24, 2.45) is 0 Å². The Labute approximate surface area is 111 Å². The highest BCUT2D eigenvalue weighted by Gasteiger charge is 2.19. The van der Waals surface area contributed by atoms with E-state index in [0.717, 1.165) is 6.42 Å². The lowest BCUT2D eigenvalue weighted by Gasteiger charge is -2.20. The number of pyridine rings is 1. The standard InChI is InChI=1S/C12H15ClN2O3/c1-3-7-15(8-11(16)18-2)12(17)9-5-4-6-10(13)14-9/h4-6H,3,7-8H2,1-2H3. The molecule has 6 heteroatoms. The number of amides is 1. The third-order valence-electron chi connectivity index (χ3n) is 2.26. The molecule has 1 aromatic heterocycles. The van der Waals surface area contributed by atoms with Gasteiger partial charge < -0.3 is 9.64 Å². The number of ether oxygens (including phenoxy) is 1. The van der Waals surface area contributed by atoms with Crippen LogP contribution in [0.1, 0.15) is 23.8 Å². The van der Waals surface area contributed by atoms with E-state index in [1.165, 1.54) is 12.0 Å². The number of nitrogens with zero attached hydrogens (tertiary/aromatic N) is 2. The molecule has 0 aliphatic rings. The fourth-order valence-electron chi connectivity index (χ4n) is 1.43. The molecule has 0 aromatic carbocycles. The van der Waals surface area contributed by atoms with Crippen molar-refractivity contribution in [2.75, 3.05) is 20.2 Å². The van der Waals surface area contributed by atoms with Gasteiger partial charge in [-0.05, 0) is 18.6 Å².